The highest BCUT2D eigenvalue weighted by molar-refractivity contribution is 5.76. The minimum Gasteiger partial charge on any atom is -0.394 e. The summed E-state index contributed by atoms with van der Waals surface area (Å²) in [5.74, 6) is -0.241. The Morgan fingerprint density at radius 1 is 0.398 bits per heavy atom. The van der Waals surface area contributed by atoms with Crippen LogP contribution < -0.4 is 5.32 Å². The molecule has 1 amide bonds. The number of amides is 1. The number of hydrogen-bond donors (Lipinski definition) is 9. The molecular weight excluding hydrogens is 1110 g/mol. The molecule has 2 fully saturated rings. The minimum absolute atomic E-state index is 0.241. The van der Waals surface area contributed by atoms with E-state index in [4.69, 9.17) is 18.9 Å². The van der Waals surface area contributed by atoms with Crippen molar-refractivity contribution in [3.8, 4) is 0 Å². The van der Waals surface area contributed by atoms with Gasteiger partial charge in [0.1, 0.15) is 48.8 Å². The first kappa shape index (κ1) is 82.6. The summed E-state index contributed by atoms with van der Waals surface area (Å²) in [4.78, 5) is 13.3. The molecule has 2 saturated heterocycles. The largest absolute Gasteiger partial charge is 0.394 e. The molecule has 0 bridgehead atoms. The Morgan fingerprint density at radius 2 is 0.727 bits per heavy atom. The first-order chi connectivity index (χ1) is 43.1. The van der Waals surface area contributed by atoms with Crippen LogP contribution in [-0.4, -0.2) is 140 Å². The quantitative estimate of drug-likeness (QED) is 0.0204. The van der Waals surface area contributed by atoms with Crippen molar-refractivity contribution in [2.24, 2.45) is 0 Å². The number of unbranched alkanes of at least 4 members (excludes halogenated alkanes) is 48. The van der Waals surface area contributed by atoms with E-state index in [0.29, 0.717) is 12.8 Å². The predicted molar refractivity (Wildman–Crippen MR) is 360 cm³/mol. The van der Waals surface area contributed by atoms with Crippen LogP contribution in [0.5, 0.6) is 0 Å². The van der Waals surface area contributed by atoms with Gasteiger partial charge in [-0.05, 0) is 32.1 Å². The average Bonchev–Trinajstić information content (AvgIpc) is 2.08. The van der Waals surface area contributed by atoms with Crippen LogP contribution in [0.25, 0.3) is 0 Å². The van der Waals surface area contributed by atoms with Crippen LogP contribution in [0.1, 0.15) is 348 Å². The first-order valence-electron chi connectivity index (χ1n) is 37.6. The molecule has 0 aromatic rings. The van der Waals surface area contributed by atoms with Crippen molar-refractivity contribution in [3.05, 3.63) is 24.3 Å². The van der Waals surface area contributed by atoms with E-state index >= 15 is 0 Å². The van der Waals surface area contributed by atoms with Gasteiger partial charge < -0.3 is 65.1 Å². The molecule has 0 saturated carbocycles. The van der Waals surface area contributed by atoms with Gasteiger partial charge in [0.25, 0.3) is 0 Å². The number of rotatable bonds is 63. The first-order valence-corrected chi connectivity index (χ1v) is 37.6. The highest BCUT2D eigenvalue weighted by Gasteiger charge is 2.51. The van der Waals surface area contributed by atoms with E-state index in [9.17, 15) is 45.6 Å². The SMILES string of the molecule is CCCCCCCCCCCCCCCCCCCC/C=C/CC/C=C/C(O)C(COC1OC(CO)C(OC2OC(CO)C(O)C(O)C2O)C(O)C1O)NC(=O)CCCCCCCCCCCCCCCCCCCCCCCCCCCCCCCC. The number of aliphatic hydroxyl groups is 8. The van der Waals surface area contributed by atoms with Crippen molar-refractivity contribution >= 4 is 5.91 Å². The number of carbonyl (C=O) groups excluding carboxylic acids is 1. The molecule has 0 aromatic heterocycles. The Bertz CT molecular complexity index is 1570. The average molecular weight is 1250 g/mol. The Labute approximate surface area is 539 Å². The smallest absolute Gasteiger partial charge is 0.220 e. The van der Waals surface area contributed by atoms with Crippen LogP contribution in [0, 0.1) is 0 Å². The van der Waals surface area contributed by atoms with Crippen molar-refractivity contribution < 1.29 is 64.6 Å². The molecule has 0 spiro atoms. The van der Waals surface area contributed by atoms with Crippen LogP contribution in [0.2, 0.25) is 0 Å². The lowest BCUT2D eigenvalue weighted by Gasteiger charge is -2.46. The normalized spacial score (nSPS) is 23.2. The zero-order valence-electron chi connectivity index (χ0n) is 56.7. The molecular formula is C74H141NO13. The summed E-state index contributed by atoms with van der Waals surface area (Å²) < 4.78 is 22.9. The molecule has 0 radical (unpaired) electrons. The lowest BCUT2D eigenvalue weighted by Crippen LogP contribution is -2.65. The van der Waals surface area contributed by atoms with Crippen LogP contribution in [-0.2, 0) is 23.7 Å². The van der Waals surface area contributed by atoms with Gasteiger partial charge in [0, 0.05) is 6.42 Å². The molecule has 14 nitrogen and oxygen atoms in total. The zero-order valence-corrected chi connectivity index (χ0v) is 56.7. The Morgan fingerprint density at radius 3 is 1.11 bits per heavy atom. The van der Waals surface area contributed by atoms with Gasteiger partial charge in [0.05, 0.1) is 32.0 Å². The van der Waals surface area contributed by atoms with E-state index in [1.165, 1.54) is 283 Å². The second kappa shape index (κ2) is 59.2. The number of allylic oxidation sites excluding steroid dienone is 3. The van der Waals surface area contributed by atoms with Gasteiger partial charge in [-0.2, -0.15) is 0 Å². The van der Waals surface area contributed by atoms with E-state index in [1.54, 1.807) is 6.08 Å². The standard InChI is InChI=1S/C74H141NO13/c1-3-5-7-9-11-13-15-17-19-21-23-25-27-29-30-31-32-33-34-36-38-40-42-44-46-48-50-52-54-56-58-66(79)75-62(61-85-73-71(84)69(82)72(65(60-77)87-73)88-74-70(83)68(81)67(80)64(59-76)86-74)63(78)57-55-53-51-49-47-45-43-41-39-37-35-28-26-24-22-20-18-16-14-12-10-8-6-4-2/h47,49,55,57,62-65,67-74,76-78,80-84H,3-46,48,50-54,56,58-61H2,1-2H3,(H,75,79)/b49-47+,57-55+. The molecule has 2 aliphatic heterocycles. The highest BCUT2D eigenvalue weighted by atomic mass is 16.7. The summed E-state index contributed by atoms with van der Waals surface area (Å²) in [6.45, 7) is 2.85. The molecule has 2 aliphatic rings. The van der Waals surface area contributed by atoms with Crippen molar-refractivity contribution in [1.29, 1.82) is 0 Å². The summed E-state index contributed by atoms with van der Waals surface area (Å²) in [5.41, 5.74) is 0. The second-order valence-corrected chi connectivity index (χ2v) is 26.8. The number of nitrogens with one attached hydrogen (secondary N) is 1. The topological polar surface area (TPSA) is 228 Å². The summed E-state index contributed by atoms with van der Waals surface area (Å²) in [5, 5.41) is 87.5. The number of ether oxygens (including phenoxy) is 4. The van der Waals surface area contributed by atoms with Gasteiger partial charge in [-0.1, -0.05) is 334 Å². The Balaban J connectivity index is 1.65. The lowest BCUT2D eigenvalue weighted by atomic mass is 9.97. The van der Waals surface area contributed by atoms with Gasteiger partial charge in [0.2, 0.25) is 5.91 Å². The van der Waals surface area contributed by atoms with E-state index in [1.807, 2.05) is 6.08 Å². The monoisotopic (exact) mass is 1250 g/mol. The Hall–Kier alpha value is -1.53. The highest BCUT2D eigenvalue weighted by Crippen LogP contribution is 2.30. The predicted octanol–water partition coefficient (Wildman–Crippen LogP) is 15.9. The van der Waals surface area contributed by atoms with Gasteiger partial charge in [0.15, 0.2) is 12.6 Å². The van der Waals surface area contributed by atoms with Crippen molar-refractivity contribution in [3.63, 3.8) is 0 Å². The van der Waals surface area contributed by atoms with Crippen LogP contribution in [0.3, 0.4) is 0 Å². The van der Waals surface area contributed by atoms with Gasteiger partial charge in [-0.3, -0.25) is 4.79 Å². The summed E-state index contributed by atoms with van der Waals surface area (Å²) in [7, 11) is 0. The second-order valence-electron chi connectivity index (χ2n) is 26.8. The van der Waals surface area contributed by atoms with Crippen molar-refractivity contribution in [2.45, 2.75) is 421 Å². The van der Waals surface area contributed by atoms with Gasteiger partial charge >= 0.3 is 0 Å². The summed E-state index contributed by atoms with van der Waals surface area (Å²) in [6, 6.07) is -0.930. The van der Waals surface area contributed by atoms with E-state index in [0.717, 1.165) is 32.1 Å². The molecule has 88 heavy (non-hydrogen) atoms. The van der Waals surface area contributed by atoms with E-state index in [-0.39, 0.29) is 18.9 Å². The molecule has 0 aliphatic carbocycles. The third-order valence-electron chi connectivity index (χ3n) is 18.6. The van der Waals surface area contributed by atoms with E-state index < -0.39 is 86.8 Å². The maximum absolute atomic E-state index is 13.3. The lowest BCUT2D eigenvalue weighted by molar-refractivity contribution is -0.359. The van der Waals surface area contributed by atoms with Crippen molar-refractivity contribution in [1.82, 2.24) is 5.32 Å². The fourth-order valence-electron chi connectivity index (χ4n) is 12.7. The maximum Gasteiger partial charge on any atom is 0.220 e. The minimum atomic E-state index is -1.79. The van der Waals surface area contributed by atoms with Gasteiger partial charge in [-0.25, -0.2) is 0 Å². The van der Waals surface area contributed by atoms with E-state index in [2.05, 4.69) is 31.3 Å². The summed E-state index contributed by atoms with van der Waals surface area (Å²) in [6.07, 6.45) is 58.3. The molecule has 2 heterocycles. The number of aliphatic hydroxyl groups excluding tert-OH is 8. The maximum atomic E-state index is 13.3. The fourth-order valence-corrected chi connectivity index (χ4v) is 12.7. The molecule has 2 rings (SSSR count). The third kappa shape index (κ3) is 42.6. The molecule has 14 heteroatoms. The molecule has 520 valence electrons. The molecule has 9 N–H and O–H groups in total. The molecule has 0 aromatic carbocycles. The van der Waals surface area contributed by atoms with Gasteiger partial charge in [-0.15, -0.1) is 0 Å². The molecule has 12 unspecified atom stereocenters. The Kier molecular flexibility index (Phi) is 55.6. The number of carbonyl (C=O) groups is 1. The third-order valence-corrected chi connectivity index (χ3v) is 18.6. The van der Waals surface area contributed by atoms with Crippen LogP contribution >= 0.6 is 0 Å². The molecule has 12 atom stereocenters. The number of hydrogen-bond acceptors (Lipinski definition) is 13. The fraction of sp³-hybridized carbons (Fsp3) is 0.932. The van der Waals surface area contributed by atoms with Crippen molar-refractivity contribution in [2.75, 3.05) is 19.8 Å². The zero-order chi connectivity index (χ0) is 63.8. The van der Waals surface area contributed by atoms with Crippen LogP contribution in [0.4, 0.5) is 0 Å². The summed E-state index contributed by atoms with van der Waals surface area (Å²) >= 11 is 0. The van der Waals surface area contributed by atoms with Crippen LogP contribution in [0.15, 0.2) is 24.3 Å².